The van der Waals surface area contributed by atoms with Crippen molar-refractivity contribution in [2.45, 2.75) is 257 Å². The highest BCUT2D eigenvalue weighted by Gasteiger charge is 2.54. The maximum absolute atomic E-state index is 13.8. The average Bonchev–Trinajstić information content (AvgIpc) is 1.67. The molecule has 1 aromatic carbocycles. The van der Waals surface area contributed by atoms with Crippen LogP contribution in [-0.2, 0) is 51.1 Å². The van der Waals surface area contributed by atoms with Crippen molar-refractivity contribution in [3.63, 3.8) is 0 Å². The summed E-state index contributed by atoms with van der Waals surface area (Å²) in [6.45, 7) is 22.8. The van der Waals surface area contributed by atoms with Crippen molar-refractivity contribution in [1.82, 2.24) is 29.9 Å². The number of amides is 4. The lowest BCUT2D eigenvalue weighted by molar-refractivity contribution is -0.145. The van der Waals surface area contributed by atoms with Crippen molar-refractivity contribution in [2.24, 2.45) is 23.7 Å². The van der Waals surface area contributed by atoms with E-state index in [0.717, 1.165) is 96.4 Å². The van der Waals surface area contributed by atoms with Crippen LogP contribution < -0.4 is 16.1 Å². The van der Waals surface area contributed by atoms with Gasteiger partial charge in [0.25, 0.3) is 11.8 Å². The van der Waals surface area contributed by atoms with Crippen LogP contribution in [0, 0.1) is 41.1 Å². The first-order valence-corrected chi connectivity index (χ1v) is 33.7. The van der Waals surface area contributed by atoms with Crippen LogP contribution in [0.1, 0.15) is 199 Å². The number of aromatic nitrogens is 1. The minimum Gasteiger partial charge on any atom is -0.503 e. The number of rotatable bonds is 6. The zero-order valence-corrected chi connectivity index (χ0v) is 60.0. The van der Waals surface area contributed by atoms with Gasteiger partial charge in [0.2, 0.25) is 5.43 Å². The summed E-state index contributed by atoms with van der Waals surface area (Å²) >= 11 is 1.000. The Hall–Kier alpha value is -6.50. The fraction of sp³-hybridized carbons (Fsp3) is 0.716. The van der Waals surface area contributed by atoms with Gasteiger partial charge >= 0.3 is 36.4 Å². The zero-order valence-electron chi connectivity index (χ0n) is 59.3. The summed E-state index contributed by atoms with van der Waals surface area (Å²) in [6, 6.07) is 0.913. The van der Waals surface area contributed by atoms with Crippen LogP contribution in [0.2, 0.25) is 0 Å². The number of halogens is 4. The Morgan fingerprint density at radius 3 is 1.62 bits per heavy atom. The molecule has 3 unspecified atom stereocenters. The molecule has 549 valence electrons. The topological polar surface area (TPSA) is 329 Å². The molecule has 3 radical (unpaired) electrons. The van der Waals surface area contributed by atoms with E-state index in [0.29, 0.717) is 42.5 Å². The summed E-state index contributed by atoms with van der Waals surface area (Å²) in [5.41, 5.74) is -4.64. The van der Waals surface area contributed by atoms with E-state index in [4.69, 9.17) is 29.9 Å². The van der Waals surface area contributed by atoms with Gasteiger partial charge in [-0.1, -0.05) is 0 Å². The highest BCUT2D eigenvalue weighted by atomic mass is 35.5. The Labute approximate surface area is 585 Å². The van der Waals surface area contributed by atoms with Gasteiger partial charge in [-0.15, -0.1) is 12.4 Å². The SMILES string of the molecule is C1CCOC1.CC(C)(C)OC(=O)N1[C@H]2CC[C@H](C2)[C@H]1C(=O)O.CC(C)(C)OC(=O)N1[C@H]2CC[C@H](C2)[C@H]1CO.CC(C)(C)OC(=O)OC(=O)OC(C)(C)C.Cl.O=C(NCc1c(F)cc(F)cc1F)c1cn2c(c(O)c1=O)C(=O)N1[C@H]3CC[C@H](C3)[C@H]1C2.O=C(O)C1NC2CCC1C2.[2H]SC.[B]. The van der Waals surface area contributed by atoms with E-state index in [1.54, 1.807) is 78.4 Å². The number of benzene rings is 1. The summed E-state index contributed by atoms with van der Waals surface area (Å²) in [4.78, 5) is 111. The maximum atomic E-state index is 13.8. The van der Waals surface area contributed by atoms with E-state index >= 15 is 0 Å². The molecule has 4 amide bonds. The number of hydrogen-bond acceptors (Lipinski definition) is 19. The minimum absolute atomic E-state index is 0. The van der Waals surface area contributed by atoms with E-state index in [1.165, 1.54) is 34.9 Å². The molecule has 5 saturated heterocycles. The number of aliphatic hydroxyl groups is 1. The summed E-state index contributed by atoms with van der Waals surface area (Å²) in [6.07, 6.45) is 14.6. The number of aliphatic carboxylic acids is 2. The van der Waals surface area contributed by atoms with Gasteiger partial charge in [-0.25, -0.2) is 37.1 Å². The van der Waals surface area contributed by atoms with Crippen LogP contribution >= 0.6 is 24.9 Å². The molecule has 25 nitrogen and oxygen atoms in total. The number of aliphatic hydroxyl groups excluding tert-OH is 1. The summed E-state index contributed by atoms with van der Waals surface area (Å²) < 4.78 is 77.6. The number of ether oxygens (including phenoxy) is 6. The molecule has 7 heterocycles. The van der Waals surface area contributed by atoms with E-state index in [2.05, 4.69) is 15.4 Å². The number of thiol groups is 1. The number of nitrogens with one attached hydrogen (secondary N) is 2. The molecule has 8 bridgehead atoms. The van der Waals surface area contributed by atoms with Gasteiger partial charge in [-0.3, -0.25) is 29.0 Å². The van der Waals surface area contributed by atoms with E-state index in [-0.39, 0.29) is 81.4 Å². The number of carboxylic acids is 2. The van der Waals surface area contributed by atoms with Crippen LogP contribution in [-0.4, -0.2) is 194 Å². The fourth-order valence-electron chi connectivity index (χ4n) is 14.2. The summed E-state index contributed by atoms with van der Waals surface area (Å²) in [5, 5.41) is 43.0. The monoisotopic (exact) mass is 1430 g/mol. The number of carbonyl (C=O) groups is 8. The Bertz CT molecular complexity index is 3160. The van der Waals surface area contributed by atoms with Crippen LogP contribution in [0.25, 0.3) is 0 Å². The first-order valence-electron chi connectivity index (χ1n) is 33.3. The Morgan fingerprint density at radius 2 is 1.16 bits per heavy atom. The maximum Gasteiger partial charge on any atom is 0.519 e. The van der Waals surface area contributed by atoms with Crippen LogP contribution in [0.15, 0.2) is 23.1 Å². The quantitative estimate of drug-likeness (QED) is 0.0465. The van der Waals surface area contributed by atoms with Gasteiger partial charge in [-0.05, 0) is 203 Å². The second kappa shape index (κ2) is 35.2. The third kappa shape index (κ3) is 22.3. The number of hydrogen-bond donors (Lipinski definition) is 7. The number of piperidine rings is 4. The minimum atomic E-state index is -1.18. The Morgan fingerprint density at radius 1 is 0.684 bits per heavy atom. The van der Waals surface area contributed by atoms with Crippen LogP contribution in [0.3, 0.4) is 0 Å². The second-order valence-corrected chi connectivity index (χ2v) is 29.6. The van der Waals surface area contributed by atoms with Crippen LogP contribution in [0.4, 0.5) is 32.3 Å². The number of pyridine rings is 1. The first-order chi connectivity index (χ1) is 45.2. The lowest BCUT2D eigenvalue weighted by atomic mass is 9.95. The van der Waals surface area contributed by atoms with Gasteiger partial charge in [-0.2, -0.15) is 12.5 Å². The first kappa shape index (κ1) is 82.2. The Kier molecular flexibility index (Phi) is 29.5. The van der Waals surface area contributed by atoms with Gasteiger partial charge in [0.15, 0.2) is 11.4 Å². The molecule has 12 rings (SSSR count). The molecule has 12 atom stereocenters. The predicted molar refractivity (Wildman–Crippen MR) is 359 cm³/mol. The third-order valence-corrected chi connectivity index (χ3v) is 18.0. The summed E-state index contributed by atoms with van der Waals surface area (Å²) in [7, 11) is 0. The van der Waals surface area contributed by atoms with E-state index < -0.39 is 117 Å². The Balaban J connectivity index is 0.000000266. The highest BCUT2D eigenvalue weighted by Crippen LogP contribution is 2.47. The molecule has 31 heteroatoms. The van der Waals surface area contributed by atoms with Crippen molar-refractivity contribution in [1.29, 1.82) is 1.12 Å². The average molecular weight is 1430 g/mol. The molecule has 10 aliphatic rings. The number of likely N-dealkylation sites (tertiary alicyclic amines) is 2. The normalized spacial score (nSPS) is 26.2. The van der Waals surface area contributed by atoms with Crippen molar-refractivity contribution >= 4 is 81.6 Å². The molecule has 9 fully saturated rings. The largest absolute Gasteiger partial charge is 0.519 e. The lowest BCUT2D eigenvalue weighted by Gasteiger charge is -2.40. The van der Waals surface area contributed by atoms with Crippen molar-refractivity contribution in [3.05, 3.63) is 62.8 Å². The number of carboxylic acid groups (broad SMARTS) is 2. The van der Waals surface area contributed by atoms with Gasteiger partial charge in [0, 0.05) is 82.8 Å². The standard InChI is InChI=1S/C21H18F3N3O4.C12H19NO4.C12H21NO3.C10H18O5.C7H11NO2.C4H8O.CH4S.B.ClH/c22-10-4-14(23)12(15(24)5-10)6-25-20(30)13-7-26-8-16-9-1-2-11(3-9)27(16)21(31)17(26)19(29)18(13)28;1-12(2,3)17-11(16)13-8-5-4-7(6-8)9(13)10(14)15;1-12(2,3)16-11(15)13-9-5-4-8(6-9)10(13)7-14;1-9(2,3)14-7(11)13-8(12)15-10(4,5)6;9-7(10)6-4-1-2-5(3-4)8-6;1-2-4-5-3-1;1-2;;/h4-5,7,9,11,16,29H,1-3,6,8H2,(H,25,30);7-9H,4-6H2,1-3H3,(H,14,15);8-10,14H,4-7H2,1-3H3;1-6H3;4-6,8H,1-3H2,(H,9,10);1-4H2;2H,1H3;;1H/t9-,11+,16-;7-,8+,9+;8-,9+,10-;;;;;;/m111....../s1/i/hD. The predicted octanol–water partition coefficient (Wildman–Crippen LogP) is 10.0. The fourth-order valence-corrected chi connectivity index (χ4v) is 14.2. The molecule has 4 aliphatic carbocycles. The van der Waals surface area contributed by atoms with Gasteiger partial charge in [0.05, 0.1) is 18.7 Å². The third-order valence-electron chi connectivity index (χ3n) is 18.0. The highest BCUT2D eigenvalue weighted by molar-refractivity contribution is 7.79. The van der Waals surface area contributed by atoms with Gasteiger partial charge in [0.1, 0.15) is 58.6 Å². The molecule has 0 spiro atoms. The number of fused-ring (bicyclic) bond motifs is 12. The lowest BCUT2D eigenvalue weighted by Crippen LogP contribution is -2.52. The molecular weight excluding hydrogens is 1330 g/mol. The van der Waals surface area contributed by atoms with E-state index in [9.17, 15) is 71.6 Å². The molecule has 2 aromatic rings. The van der Waals surface area contributed by atoms with Crippen molar-refractivity contribution < 1.29 is 100 Å². The zero-order chi connectivity index (χ0) is 72.4. The molecular formula is C67H100BClF3N6O19S. The molecule has 98 heavy (non-hydrogen) atoms. The smallest absolute Gasteiger partial charge is 0.503 e. The van der Waals surface area contributed by atoms with Crippen molar-refractivity contribution in [2.75, 3.05) is 26.1 Å². The number of nitrogens with zero attached hydrogens (tertiary/aromatic N) is 4. The molecule has 4 saturated carbocycles. The molecule has 6 aliphatic heterocycles. The van der Waals surface area contributed by atoms with E-state index in [1.807, 2.05) is 20.8 Å². The number of aromatic hydroxyl groups is 1. The molecule has 1 aromatic heterocycles. The van der Waals surface area contributed by atoms with Crippen LogP contribution in [0.5, 0.6) is 5.75 Å². The molecule has 6 N–H and O–H groups in total. The summed E-state index contributed by atoms with van der Waals surface area (Å²) in [5.74, 6) is -5.92. The number of carbonyl (C=O) groups excluding carboxylic acids is 6. The second-order valence-electron chi connectivity index (χ2n) is 29.6. The van der Waals surface area contributed by atoms with Crippen molar-refractivity contribution in [3.8, 4) is 5.75 Å². The van der Waals surface area contributed by atoms with Gasteiger partial charge < -0.3 is 68.9 Å².